The van der Waals surface area contributed by atoms with Crippen LogP contribution < -0.4 is 10.6 Å². The van der Waals surface area contributed by atoms with Crippen LogP contribution in [-0.2, 0) is 19.3 Å². The van der Waals surface area contributed by atoms with E-state index in [0.717, 1.165) is 56.4 Å². The third-order valence-electron chi connectivity index (χ3n) is 4.75. The molecular formula is C20H29ClN4O. The molecule has 2 aromatic rings. The lowest BCUT2D eigenvalue weighted by molar-refractivity contribution is 0.0947. The van der Waals surface area contributed by atoms with Gasteiger partial charge >= 0.3 is 0 Å². The van der Waals surface area contributed by atoms with E-state index < -0.39 is 0 Å². The molecule has 5 nitrogen and oxygen atoms in total. The summed E-state index contributed by atoms with van der Waals surface area (Å²) < 4.78 is 1.96. The van der Waals surface area contributed by atoms with Crippen molar-refractivity contribution < 1.29 is 4.79 Å². The Labute approximate surface area is 162 Å². The molecule has 0 radical (unpaired) electrons. The molecule has 1 aromatic carbocycles. The van der Waals surface area contributed by atoms with E-state index in [9.17, 15) is 4.79 Å². The molecule has 0 fully saturated rings. The lowest BCUT2D eigenvalue weighted by Crippen LogP contribution is -2.32. The molecule has 26 heavy (non-hydrogen) atoms. The Bertz CT molecular complexity index is 724. The van der Waals surface area contributed by atoms with Gasteiger partial charge in [-0.3, -0.25) is 4.79 Å². The van der Waals surface area contributed by atoms with Crippen LogP contribution in [0.25, 0.3) is 5.69 Å². The number of hydrogen-bond donors (Lipinski definition) is 2. The van der Waals surface area contributed by atoms with Gasteiger partial charge in [-0.05, 0) is 56.3 Å². The van der Waals surface area contributed by atoms with E-state index in [-0.39, 0.29) is 18.3 Å². The predicted octanol–water partition coefficient (Wildman–Crippen LogP) is 3.07. The number of rotatable bonds is 8. The minimum Gasteiger partial charge on any atom is -0.349 e. The summed E-state index contributed by atoms with van der Waals surface area (Å²) in [4.78, 5) is 12.6. The van der Waals surface area contributed by atoms with E-state index in [2.05, 4.69) is 53.8 Å². The maximum absolute atomic E-state index is 12.6. The third-order valence-corrected chi connectivity index (χ3v) is 4.75. The zero-order valence-corrected chi connectivity index (χ0v) is 16.5. The van der Waals surface area contributed by atoms with Crippen LogP contribution in [0.1, 0.15) is 54.0 Å². The molecule has 1 aromatic heterocycles. The molecule has 3 rings (SSSR count). The zero-order chi connectivity index (χ0) is 17.6. The van der Waals surface area contributed by atoms with Gasteiger partial charge in [0.1, 0.15) is 0 Å². The quantitative estimate of drug-likeness (QED) is 0.696. The van der Waals surface area contributed by atoms with Crippen LogP contribution in [0.3, 0.4) is 0 Å². The van der Waals surface area contributed by atoms with E-state index in [1.54, 1.807) is 0 Å². The van der Waals surface area contributed by atoms with Crippen LogP contribution in [0.2, 0.25) is 0 Å². The van der Waals surface area contributed by atoms with Gasteiger partial charge < -0.3 is 10.6 Å². The Hall–Kier alpha value is -1.85. The smallest absolute Gasteiger partial charge is 0.272 e. The highest BCUT2D eigenvalue weighted by Crippen LogP contribution is 2.27. The van der Waals surface area contributed by atoms with Crippen LogP contribution in [0, 0.1) is 0 Å². The lowest BCUT2D eigenvalue weighted by atomic mass is 10.1. The first kappa shape index (κ1) is 20.5. The maximum Gasteiger partial charge on any atom is 0.272 e. The summed E-state index contributed by atoms with van der Waals surface area (Å²) in [7, 11) is 0. The Morgan fingerprint density at radius 2 is 1.88 bits per heavy atom. The number of hydrogen-bond acceptors (Lipinski definition) is 3. The number of carbonyl (C=O) groups is 1. The van der Waals surface area contributed by atoms with Crippen molar-refractivity contribution in [3.05, 3.63) is 46.8 Å². The number of amides is 1. The summed E-state index contributed by atoms with van der Waals surface area (Å²) in [5.41, 5.74) is 5.27. The summed E-state index contributed by atoms with van der Waals surface area (Å²) in [5.74, 6) is -0.0552. The number of nitrogens with zero attached hydrogens (tertiary/aromatic N) is 2. The van der Waals surface area contributed by atoms with Crippen molar-refractivity contribution in [1.82, 2.24) is 20.4 Å². The molecule has 1 heterocycles. The van der Waals surface area contributed by atoms with Crippen molar-refractivity contribution in [2.75, 3.05) is 19.6 Å². The Balaban J connectivity index is 0.00000243. The molecule has 142 valence electrons. The highest BCUT2D eigenvalue weighted by molar-refractivity contribution is 5.94. The summed E-state index contributed by atoms with van der Waals surface area (Å²) in [5, 5.41) is 10.9. The monoisotopic (exact) mass is 376 g/mol. The SMILES string of the molecule is CCCNCCNC(=O)c1nn(-c2ccc(CC)cc2)c2c1CCC2.Cl. The topological polar surface area (TPSA) is 58.9 Å². The first-order valence-electron chi connectivity index (χ1n) is 9.43. The van der Waals surface area contributed by atoms with Gasteiger partial charge in [0.05, 0.1) is 5.69 Å². The van der Waals surface area contributed by atoms with E-state index in [0.29, 0.717) is 12.2 Å². The zero-order valence-electron chi connectivity index (χ0n) is 15.7. The number of halogens is 1. The second kappa shape index (κ2) is 9.74. The number of fused-ring (bicyclic) bond motifs is 1. The molecule has 0 atom stereocenters. The first-order valence-corrected chi connectivity index (χ1v) is 9.43. The molecule has 0 saturated carbocycles. The summed E-state index contributed by atoms with van der Waals surface area (Å²) in [6, 6.07) is 8.47. The Morgan fingerprint density at radius 3 is 2.58 bits per heavy atom. The summed E-state index contributed by atoms with van der Waals surface area (Å²) in [6.45, 7) is 6.69. The summed E-state index contributed by atoms with van der Waals surface area (Å²) >= 11 is 0. The van der Waals surface area contributed by atoms with Crippen molar-refractivity contribution in [3.8, 4) is 5.69 Å². The van der Waals surface area contributed by atoms with E-state index in [4.69, 9.17) is 0 Å². The molecule has 0 saturated heterocycles. The number of aromatic nitrogens is 2. The van der Waals surface area contributed by atoms with Crippen LogP contribution in [0.5, 0.6) is 0 Å². The number of aryl methyl sites for hydroxylation is 1. The van der Waals surface area contributed by atoms with Crippen molar-refractivity contribution in [3.63, 3.8) is 0 Å². The van der Waals surface area contributed by atoms with E-state index >= 15 is 0 Å². The van der Waals surface area contributed by atoms with Crippen molar-refractivity contribution in [2.45, 2.75) is 46.0 Å². The van der Waals surface area contributed by atoms with E-state index in [1.165, 1.54) is 11.3 Å². The normalized spacial score (nSPS) is 12.5. The van der Waals surface area contributed by atoms with Crippen molar-refractivity contribution in [2.24, 2.45) is 0 Å². The van der Waals surface area contributed by atoms with Gasteiger partial charge in [0, 0.05) is 24.3 Å². The highest BCUT2D eigenvalue weighted by Gasteiger charge is 2.26. The van der Waals surface area contributed by atoms with Crippen molar-refractivity contribution in [1.29, 1.82) is 0 Å². The average molecular weight is 377 g/mol. The van der Waals surface area contributed by atoms with Crippen LogP contribution in [-0.4, -0.2) is 35.3 Å². The van der Waals surface area contributed by atoms with Gasteiger partial charge in [-0.25, -0.2) is 4.68 Å². The first-order chi connectivity index (χ1) is 12.2. The second-order valence-corrected chi connectivity index (χ2v) is 6.57. The van der Waals surface area contributed by atoms with Crippen LogP contribution in [0.15, 0.2) is 24.3 Å². The largest absolute Gasteiger partial charge is 0.349 e. The van der Waals surface area contributed by atoms with Gasteiger partial charge in [0.15, 0.2) is 5.69 Å². The minimum atomic E-state index is -0.0552. The number of carbonyl (C=O) groups excluding carboxylic acids is 1. The Morgan fingerprint density at radius 1 is 1.12 bits per heavy atom. The fraction of sp³-hybridized carbons (Fsp3) is 0.500. The minimum absolute atomic E-state index is 0. The molecule has 6 heteroatoms. The van der Waals surface area contributed by atoms with Gasteiger partial charge in [0.25, 0.3) is 5.91 Å². The van der Waals surface area contributed by atoms with E-state index in [1.807, 2.05) is 4.68 Å². The predicted molar refractivity (Wildman–Crippen MR) is 108 cm³/mol. The molecule has 0 unspecified atom stereocenters. The number of nitrogens with one attached hydrogen (secondary N) is 2. The average Bonchev–Trinajstić information content (AvgIpc) is 3.24. The second-order valence-electron chi connectivity index (χ2n) is 6.57. The molecule has 1 aliphatic carbocycles. The van der Waals surface area contributed by atoms with Gasteiger partial charge in [-0.1, -0.05) is 26.0 Å². The lowest BCUT2D eigenvalue weighted by Gasteiger charge is -2.07. The Kier molecular flexibility index (Phi) is 7.66. The third kappa shape index (κ3) is 4.46. The van der Waals surface area contributed by atoms with Crippen molar-refractivity contribution >= 4 is 18.3 Å². The fourth-order valence-electron chi connectivity index (χ4n) is 3.36. The number of benzene rings is 1. The highest BCUT2D eigenvalue weighted by atomic mass is 35.5. The molecular weight excluding hydrogens is 348 g/mol. The summed E-state index contributed by atoms with van der Waals surface area (Å²) in [6.07, 6.45) is 5.15. The standard InChI is InChI=1S/C20H28N4O.ClH/c1-3-12-21-13-14-22-20(25)19-17-6-5-7-18(17)24(23-19)16-10-8-15(4-2)9-11-16;/h8-11,21H,3-7,12-14H2,1-2H3,(H,22,25);1H. The van der Waals surface area contributed by atoms with Crippen LogP contribution >= 0.6 is 12.4 Å². The maximum atomic E-state index is 12.6. The van der Waals surface area contributed by atoms with Crippen LogP contribution in [0.4, 0.5) is 0 Å². The van der Waals surface area contributed by atoms with Gasteiger partial charge in [-0.2, -0.15) is 5.10 Å². The molecule has 2 N–H and O–H groups in total. The molecule has 0 aliphatic heterocycles. The molecule has 1 amide bonds. The molecule has 0 spiro atoms. The van der Waals surface area contributed by atoms with Gasteiger partial charge in [0.2, 0.25) is 0 Å². The van der Waals surface area contributed by atoms with Gasteiger partial charge in [-0.15, -0.1) is 12.4 Å². The molecule has 1 aliphatic rings. The molecule has 0 bridgehead atoms. The fourth-order valence-corrected chi connectivity index (χ4v) is 3.36.